The molecule has 1 aliphatic carbocycles. The van der Waals surface area contributed by atoms with Crippen LogP contribution in [-0.2, 0) is 6.42 Å². The second-order valence-electron chi connectivity index (χ2n) is 4.17. The highest BCUT2D eigenvalue weighted by molar-refractivity contribution is 5.47. The maximum Gasteiger partial charge on any atom is 0.0653 e. The fraction of sp³-hybridized carbons (Fsp3) is 0.385. The summed E-state index contributed by atoms with van der Waals surface area (Å²) in [7, 11) is 0. The van der Waals surface area contributed by atoms with Gasteiger partial charge in [0, 0.05) is 0 Å². The van der Waals surface area contributed by atoms with Crippen LogP contribution < -0.4 is 0 Å². The predicted octanol–water partition coefficient (Wildman–Crippen LogP) is 2.79. The molecule has 74 valence electrons. The van der Waals surface area contributed by atoms with Crippen LogP contribution in [0.5, 0.6) is 0 Å². The molecule has 1 aromatic carbocycles. The molecule has 0 radical (unpaired) electrons. The van der Waals surface area contributed by atoms with Crippen molar-refractivity contribution in [2.45, 2.75) is 31.3 Å². The second kappa shape index (κ2) is 3.58. The van der Waals surface area contributed by atoms with E-state index in [0.29, 0.717) is 0 Å². The molecular weight excluding hydrogens is 172 g/mol. The van der Waals surface area contributed by atoms with E-state index >= 15 is 0 Å². The van der Waals surface area contributed by atoms with E-state index in [2.05, 4.69) is 30.8 Å². The van der Waals surface area contributed by atoms with Gasteiger partial charge in [-0.3, -0.25) is 0 Å². The topological polar surface area (TPSA) is 20.2 Å². The van der Waals surface area contributed by atoms with Crippen molar-refractivity contribution in [2.24, 2.45) is 0 Å². The second-order valence-corrected chi connectivity index (χ2v) is 4.17. The van der Waals surface area contributed by atoms with E-state index in [-0.39, 0.29) is 5.60 Å². The molecule has 2 rings (SSSR count). The summed E-state index contributed by atoms with van der Waals surface area (Å²) in [5, 5.41) is 9.67. The average Bonchev–Trinajstić information content (AvgIpc) is 2.95. The van der Waals surface area contributed by atoms with Gasteiger partial charge in [-0.05, 0) is 36.8 Å². The van der Waals surface area contributed by atoms with Gasteiger partial charge in [-0.15, -0.1) is 0 Å². The maximum atomic E-state index is 9.67. The first-order valence-electron chi connectivity index (χ1n) is 5.16. The third kappa shape index (κ3) is 2.24. The molecule has 0 aromatic heterocycles. The minimum Gasteiger partial charge on any atom is -0.390 e. The van der Waals surface area contributed by atoms with E-state index in [1.807, 2.05) is 6.08 Å². The van der Waals surface area contributed by atoms with E-state index in [1.54, 1.807) is 0 Å². The lowest BCUT2D eigenvalue weighted by atomic mass is 10.0. The van der Waals surface area contributed by atoms with Crippen LogP contribution in [0.25, 0.3) is 6.08 Å². The summed E-state index contributed by atoms with van der Waals surface area (Å²) in [4.78, 5) is 0. The third-order valence-electron chi connectivity index (χ3n) is 2.92. The van der Waals surface area contributed by atoms with E-state index in [1.165, 1.54) is 5.56 Å². The predicted molar refractivity (Wildman–Crippen MR) is 59.0 cm³/mol. The summed E-state index contributed by atoms with van der Waals surface area (Å²) in [6.45, 7) is 3.72. The molecule has 0 spiro atoms. The first-order valence-corrected chi connectivity index (χ1v) is 5.16. The Bertz CT molecular complexity index is 320. The summed E-state index contributed by atoms with van der Waals surface area (Å²) in [6, 6.07) is 8.37. The molecule has 1 aromatic rings. The molecule has 0 heterocycles. The fourth-order valence-corrected chi connectivity index (χ4v) is 1.59. The van der Waals surface area contributed by atoms with E-state index in [9.17, 15) is 5.11 Å². The van der Waals surface area contributed by atoms with E-state index < -0.39 is 0 Å². The molecule has 14 heavy (non-hydrogen) atoms. The number of hydrogen-bond acceptors (Lipinski definition) is 1. The minimum absolute atomic E-state index is 0.322. The van der Waals surface area contributed by atoms with Gasteiger partial charge in [-0.1, -0.05) is 36.9 Å². The quantitative estimate of drug-likeness (QED) is 0.770. The van der Waals surface area contributed by atoms with Crippen molar-refractivity contribution >= 4 is 6.08 Å². The smallest absolute Gasteiger partial charge is 0.0653 e. The van der Waals surface area contributed by atoms with Gasteiger partial charge in [0.05, 0.1) is 5.60 Å². The molecule has 0 bridgehead atoms. The molecule has 1 aliphatic rings. The lowest BCUT2D eigenvalue weighted by Gasteiger charge is -2.06. The van der Waals surface area contributed by atoms with Crippen LogP contribution in [0.3, 0.4) is 0 Å². The fourth-order valence-electron chi connectivity index (χ4n) is 1.59. The first kappa shape index (κ1) is 9.47. The van der Waals surface area contributed by atoms with E-state index in [0.717, 1.165) is 31.2 Å². The monoisotopic (exact) mass is 188 g/mol. The Morgan fingerprint density at radius 1 is 1.29 bits per heavy atom. The normalized spacial score (nSPS) is 17.8. The van der Waals surface area contributed by atoms with Crippen LogP contribution >= 0.6 is 0 Å². The van der Waals surface area contributed by atoms with Crippen molar-refractivity contribution in [3.05, 3.63) is 42.0 Å². The molecule has 0 aliphatic heterocycles. The molecule has 0 saturated heterocycles. The third-order valence-corrected chi connectivity index (χ3v) is 2.92. The summed E-state index contributed by atoms with van der Waals surface area (Å²) in [5.74, 6) is 0. The highest BCUT2D eigenvalue weighted by Crippen LogP contribution is 2.39. The molecule has 1 saturated carbocycles. The zero-order chi connectivity index (χ0) is 10.0. The zero-order valence-electron chi connectivity index (χ0n) is 8.37. The summed E-state index contributed by atoms with van der Waals surface area (Å²) in [5.41, 5.74) is 2.13. The molecule has 1 nitrogen and oxygen atoms in total. The van der Waals surface area contributed by atoms with Crippen molar-refractivity contribution in [1.82, 2.24) is 0 Å². The van der Waals surface area contributed by atoms with Crippen LogP contribution in [0, 0.1) is 0 Å². The van der Waals surface area contributed by atoms with Crippen molar-refractivity contribution in [2.75, 3.05) is 0 Å². The van der Waals surface area contributed by atoms with Crippen molar-refractivity contribution in [1.29, 1.82) is 0 Å². The number of aliphatic hydroxyl groups is 1. The Morgan fingerprint density at radius 3 is 2.43 bits per heavy atom. The van der Waals surface area contributed by atoms with Gasteiger partial charge in [0.2, 0.25) is 0 Å². The lowest BCUT2D eigenvalue weighted by Crippen LogP contribution is -2.07. The average molecular weight is 188 g/mol. The molecule has 0 unspecified atom stereocenters. The Hall–Kier alpha value is -1.08. The Balaban J connectivity index is 1.92. The minimum atomic E-state index is -0.322. The van der Waals surface area contributed by atoms with Crippen LogP contribution in [-0.4, -0.2) is 10.7 Å². The summed E-state index contributed by atoms with van der Waals surface area (Å²) < 4.78 is 0. The Morgan fingerprint density at radius 2 is 1.93 bits per heavy atom. The Labute approximate surface area is 85.1 Å². The molecule has 0 amide bonds. The summed E-state index contributed by atoms with van der Waals surface area (Å²) >= 11 is 0. The van der Waals surface area contributed by atoms with Gasteiger partial charge in [0.15, 0.2) is 0 Å². The van der Waals surface area contributed by atoms with Gasteiger partial charge in [-0.25, -0.2) is 0 Å². The Kier molecular flexibility index (Phi) is 2.42. The molecule has 1 fully saturated rings. The largest absolute Gasteiger partial charge is 0.390 e. The van der Waals surface area contributed by atoms with Crippen LogP contribution in [0.15, 0.2) is 30.8 Å². The van der Waals surface area contributed by atoms with Crippen molar-refractivity contribution in [3.8, 4) is 0 Å². The van der Waals surface area contributed by atoms with Gasteiger partial charge in [-0.2, -0.15) is 0 Å². The number of benzene rings is 1. The highest BCUT2D eigenvalue weighted by Gasteiger charge is 2.39. The van der Waals surface area contributed by atoms with Gasteiger partial charge < -0.3 is 5.11 Å². The molecule has 1 heteroatoms. The van der Waals surface area contributed by atoms with Crippen LogP contribution in [0.2, 0.25) is 0 Å². The number of aryl methyl sites for hydroxylation is 1. The standard InChI is InChI=1S/C13H16O/c1-2-11-3-5-12(6-4-11)7-8-13(14)9-10-13/h2-6,14H,1,7-10H2. The SMILES string of the molecule is C=Cc1ccc(CCC2(O)CC2)cc1. The van der Waals surface area contributed by atoms with Crippen LogP contribution in [0.1, 0.15) is 30.4 Å². The molecule has 1 N–H and O–H groups in total. The molecular formula is C13H16O. The maximum absolute atomic E-state index is 9.67. The number of hydrogen-bond donors (Lipinski definition) is 1. The van der Waals surface area contributed by atoms with Crippen molar-refractivity contribution < 1.29 is 5.11 Å². The first-order chi connectivity index (χ1) is 6.72. The van der Waals surface area contributed by atoms with Gasteiger partial charge in [0.25, 0.3) is 0 Å². The summed E-state index contributed by atoms with van der Waals surface area (Å²) in [6.07, 6.45) is 5.70. The highest BCUT2D eigenvalue weighted by atomic mass is 16.3. The van der Waals surface area contributed by atoms with Crippen LogP contribution in [0.4, 0.5) is 0 Å². The van der Waals surface area contributed by atoms with E-state index in [4.69, 9.17) is 0 Å². The van der Waals surface area contributed by atoms with Crippen molar-refractivity contribution in [3.63, 3.8) is 0 Å². The van der Waals surface area contributed by atoms with Gasteiger partial charge in [0.1, 0.15) is 0 Å². The zero-order valence-corrected chi connectivity index (χ0v) is 8.37. The number of rotatable bonds is 4. The lowest BCUT2D eigenvalue weighted by molar-refractivity contribution is 0.140. The van der Waals surface area contributed by atoms with Gasteiger partial charge >= 0.3 is 0 Å². The molecule has 0 atom stereocenters.